The third-order valence-corrected chi connectivity index (χ3v) is 2.48. The van der Waals surface area contributed by atoms with Gasteiger partial charge in [-0.15, -0.1) is 0 Å². The SMILES string of the molecule is [N-]=[N+]=Nc1cccc(C2CNC(=O)C2)c1. The van der Waals surface area contributed by atoms with Gasteiger partial charge in [0.25, 0.3) is 0 Å². The fourth-order valence-electron chi connectivity index (χ4n) is 1.73. The molecule has 1 N–H and O–H groups in total. The number of hydrogen-bond donors (Lipinski definition) is 1. The minimum Gasteiger partial charge on any atom is -0.355 e. The van der Waals surface area contributed by atoms with Gasteiger partial charge in [-0.2, -0.15) is 0 Å². The highest BCUT2D eigenvalue weighted by Gasteiger charge is 2.22. The molecular weight excluding hydrogens is 192 g/mol. The minimum absolute atomic E-state index is 0.0780. The van der Waals surface area contributed by atoms with Gasteiger partial charge in [-0.25, -0.2) is 0 Å². The second-order valence-corrected chi connectivity index (χ2v) is 3.49. The maximum absolute atomic E-state index is 11.0. The summed E-state index contributed by atoms with van der Waals surface area (Å²) in [7, 11) is 0. The Morgan fingerprint density at radius 3 is 3.07 bits per heavy atom. The van der Waals surface area contributed by atoms with Crippen molar-refractivity contribution in [1.29, 1.82) is 0 Å². The van der Waals surface area contributed by atoms with Gasteiger partial charge >= 0.3 is 0 Å². The van der Waals surface area contributed by atoms with E-state index in [1.54, 1.807) is 6.07 Å². The highest BCUT2D eigenvalue weighted by molar-refractivity contribution is 5.79. The van der Waals surface area contributed by atoms with Crippen LogP contribution in [-0.2, 0) is 4.79 Å². The summed E-state index contributed by atoms with van der Waals surface area (Å²) in [4.78, 5) is 13.8. The van der Waals surface area contributed by atoms with Gasteiger partial charge in [0, 0.05) is 29.5 Å². The van der Waals surface area contributed by atoms with Crippen LogP contribution in [0.4, 0.5) is 5.69 Å². The van der Waals surface area contributed by atoms with Gasteiger partial charge in [0.2, 0.25) is 5.91 Å². The molecule has 1 saturated heterocycles. The maximum atomic E-state index is 11.0. The molecule has 15 heavy (non-hydrogen) atoms. The molecule has 76 valence electrons. The van der Waals surface area contributed by atoms with Crippen LogP contribution in [0.5, 0.6) is 0 Å². The Labute approximate surface area is 86.7 Å². The van der Waals surface area contributed by atoms with Crippen LogP contribution in [0.15, 0.2) is 29.4 Å². The number of carbonyl (C=O) groups excluding carboxylic acids is 1. The van der Waals surface area contributed by atoms with Gasteiger partial charge in [-0.3, -0.25) is 4.79 Å². The average Bonchev–Trinajstić information content (AvgIpc) is 2.66. The predicted octanol–water partition coefficient (Wildman–Crippen LogP) is 2.23. The number of carbonyl (C=O) groups is 1. The van der Waals surface area contributed by atoms with Crippen LogP contribution in [-0.4, -0.2) is 12.5 Å². The summed E-state index contributed by atoms with van der Waals surface area (Å²) in [6, 6.07) is 7.35. The van der Waals surface area contributed by atoms with E-state index in [1.807, 2.05) is 18.2 Å². The summed E-state index contributed by atoms with van der Waals surface area (Å²) >= 11 is 0. The van der Waals surface area contributed by atoms with Crippen molar-refractivity contribution < 1.29 is 4.79 Å². The van der Waals surface area contributed by atoms with Crippen molar-refractivity contribution in [2.75, 3.05) is 6.54 Å². The summed E-state index contributed by atoms with van der Waals surface area (Å²) in [5, 5.41) is 6.31. The Balaban J connectivity index is 2.24. The third-order valence-electron chi connectivity index (χ3n) is 2.48. The van der Waals surface area contributed by atoms with Gasteiger partial charge in [0.05, 0.1) is 0 Å². The Morgan fingerprint density at radius 1 is 1.53 bits per heavy atom. The zero-order chi connectivity index (χ0) is 10.7. The molecular formula is C10H10N4O. The van der Waals surface area contributed by atoms with Gasteiger partial charge in [-0.1, -0.05) is 23.3 Å². The summed E-state index contributed by atoms with van der Waals surface area (Å²) in [6.07, 6.45) is 0.514. The number of benzene rings is 1. The fourth-order valence-corrected chi connectivity index (χ4v) is 1.73. The first kappa shape index (κ1) is 9.55. The van der Waals surface area contributed by atoms with Crippen LogP contribution in [0.25, 0.3) is 10.4 Å². The lowest BCUT2D eigenvalue weighted by Crippen LogP contribution is -2.13. The third kappa shape index (κ3) is 2.08. The molecule has 1 unspecified atom stereocenters. The topological polar surface area (TPSA) is 77.9 Å². The van der Waals surface area contributed by atoms with Crippen molar-refractivity contribution >= 4 is 11.6 Å². The number of azide groups is 1. The smallest absolute Gasteiger partial charge is 0.220 e. The largest absolute Gasteiger partial charge is 0.355 e. The van der Waals surface area contributed by atoms with E-state index in [1.165, 1.54) is 0 Å². The Kier molecular flexibility index (Phi) is 2.56. The molecule has 1 aromatic carbocycles. The van der Waals surface area contributed by atoms with Crippen LogP contribution in [0, 0.1) is 0 Å². The molecule has 1 aromatic rings. The van der Waals surface area contributed by atoms with Crippen molar-refractivity contribution in [3.8, 4) is 0 Å². The van der Waals surface area contributed by atoms with E-state index in [4.69, 9.17) is 5.53 Å². The molecule has 0 aromatic heterocycles. The Morgan fingerprint density at radius 2 is 2.40 bits per heavy atom. The number of amides is 1. The Hall–Kier alpha value is -2.00. The average molecular weight is 202 g/mol. The van der Waals surface area contributed by atoms with Crippen molar-refractivity contribution in [3.63, 3.8) is 0 Å². The molecule has 1 aliphatic rings. The summed E-state index contributed by atoms with van der Waals surface area (Å²) in [5.41, 5.74) is 9.94. The van der Waals surface area contributed by atoms with E-state index < -0.39 is 0 Å². The second-order valence-electron chi connectivity index (χ2n) is 3.49. The van der Waals surface area contributed by atoms with E-state index in [0.29, 0.717) is 18.7 Å². The molecule has 1 heterocycles. The monoisotopic (exact) mass is 202 g/mol. The van der Waals surface area contributed by atoms with Gasteiger partial charge < -0.3 is 5.32 Å². The molecule has 5 heteroatoms. The van der Waals surface area contributed by atoms with E-state index in [2.05, 4.69) is 15.3 Å². The molecule has 2 rings (SSSR count). The molecule has 5 nitrogen and oxygen atoms in total. The first-order valence-corrected chi connectivity index (χ1v) is 4.71. The Bertz CT molecular complexity index is 437. The fraction of sp³-hybridized carbons (Fsp3) is 0.300. The maximum Gasteiger partial charge on any atom is 0.220 e. The minimum atomic E-state index is 0.0780. The number of rotatable bonds is 2. The molecule has 0 spiro atoms. The number of nitrogens with zero attached hydrogens (tertiary/aromatic N) is 3. The van der Waals surface area contributed by atoms with Crippen LogP contribution < -0.4 is 5.32 Å². The first-order chi connectivity index (χ1) is 7.29. The highest BCUT2D eigenvalue weighted by atomic mass is 16.1. The van der Waals surface area contributed by atoms with E-state index in [0.717, 1.165) is 5.56 Å². The van der Waals surface area contributed by atoms with Crippen LogP contribution in [0.2, 0.25) is 0 Å². The van der Waals surface area contributed by atoms with Crippen LogP contribution in [0.3, 0.4) is 0 Å². The number of nitrogens with one attached hydrogen (secondary N) is 1. The molecule has 0 radical (unpaired) electrons. The zero-order valence-electron chi connectivity index (χ0n) is 8.05. The predicted molar refractivity (Wildman–Crippen MR) is 55.6 cm³/mol. The van der Waals surface area contributed by atoms with Gasteiger partial charge in [-0.05, 0) is 17.2 Å². The molecule has 0 bridgehead atoms. The van der Waals surface area contributed by atoms with E-state index >= 15 is 0 Å². The van der Waals surface area contributed by atoms with E-state index in [9.17, 15) is 4.79 Å². The zero-order valence-corrected chi connectivity index (χ0v) is 8.05. The summed E-state index contributed by atoms with van der Waals surface area (Å²) in [5.74, 6) is 0.278. The standard InChI is InChI=1S/C10H10N4O/c11-14-13-9-3-1-2-7(4-9)8-5-10(15)12-6-8/h1-4,8H,5-6H2,(H,12,15). The molecule has 1 fully saturated rings. The lowest BCUT2D eigenvalue weighted by Gasteiger charge is -2.07. The molecule has 0 aliphatic carbocycles. The van der Waals surface area contributed by atoms with Crippen molar-refractivity contribution in [2.24, 2.45) is 5.11 Å². The lowest BCUT2D eigenvalue weighted by molar-refractivity contribution is -0.119. The van der Waals surface area contributed by atoms with Crippen molar-refractivity contribution in [3.05, 3.63) is 40.3 Å². The second kappa shape index (κ2) is 4.02. The summed E-state index contributed by atoms with van der Waals surface area (Å²) < 4.78 is 0. The van der Waals surface area contributed by atoms with Gasteiger partial charge in [0.15, 0.2) is 0 Å². The van der Waals surface area contributed by atoms with Crippen molar-refractivity contribution in [2.45, 2.75) is 12.3 Å². The lowest BCUT2D eigenvalue weighted by atomic mass is 9.98. The van der Waals surface area contributed by atoms with Crippen LogP contribution >= 0.6 is 0 Å². The van der Waals surface area contributed by atoms with Gasteiger partial charge in [0.1, 0.15) is 0 Å². The highest BCUT2D eigenvalue weighted by Crippen LogP contribution is 2.26. The van der Waals surface area contributed by atoms with Crippen LogP contribution in [0.1, 0.15) is 17.9 Å². The van der Waals surface area contributed by atoms with E-state index in [-0.39, 0.29) is 11.8 Å². The number of hydrogen-bond acceptors (Lipinski definition) is 2. The molecule has 1 amide bonds. The molecule has 1 aliphatic heterocycles. The quantitative estimate of drug-likeness (QED) is 0.445. The molecule has 0 saturated carbocycles. The van der Waals surface area contributed by atoms with Crippen molar-refractivity contribution in [1.82, 2.24) is 5.32 Å². The molecule has 1 atom stereocenters. The first-order valence-electron chi connectivity index (χ1n) is 4.71. The normalized spacial score (nSPS) is 19.5. The summed E-state index contributed by atoms with van der Waals surface area (Å²) in [6.45, 7) is 0.665.